The number of benzene rings is 1. The molecule has 0 fully saturated rings. The largest absolute Gasteiger partial charge is 0.348 e. The predicted octanol–water partition coefficient (Wildman–Crippen LogP) is 3.08. The van der Waals surface area contributed by atoms with Crippen molar-refractivity contribution >= 4 is 10.9 Å². The second-order valence-electron chi connectivity index (χ2n) is 5.06. The van der Waals surface area contributed by atoms with Gasteiger partial charge in [0.05, 0.1) is 5.52 Å². The molecule has 0 bridgehead atoms. The predicted molar refractivity (Wildman–Crippen MR) is 69.7 cm³/mol. The fraction of sp³-hybridized carbons (Fsp3) is 0.429. The molecule has 0 spiro atoms. The molecule has 2 aromatic rings. The van der Waals surface area contributed by atoms with Crippen LogP contribution in [-0.4, -0.2) is 11.6 Å². The fourth-order valence-electron chi connectivity index (χ4n) is 2.45. The lowest BCUT2D eigenvalue weighted by molar-refractivity contribution is 0.444. The van der Waals surface area contributed by atoms with Crippen LogP contribution >= 0.6 is 0 Å². The van der Waals surface area contributed by atoms with E-state index in [-0.39, 0.29) is 11.4 Å². The van der Waals surface area contributed by atoms with Crippen molar-refractivity contribution in [3.05, 3.63) is 35.3 Å². The third-order valence-electron chi connectivity index (χ3n) is 3.71. The number of rotatable bonds is 2. The van der Waals surface area contributed by atoms with Crippen LogP contribution in [0.4, 0.5) is 4.39 Å². The molecule has 0 amide bonds. The zero-order valence-corrected chi connectivity index (χ0v) is 11.1. The topological polar surface area (TPSA) is 17.0 Å². The number of fused-ring (bicyclic) bond motifs is 1. The molecule has 0 saturated carbocycles. The Bertz CT molecular complexity index is 567. The smallest absolute Gasteiger partial charge is 0.125 e. The van der Waals surface area contributed by atoms with Crippen LogP contribution in [0.5, 0.6) is 0 Å². The Morgan fingerprint density at radius 1 is 1.29 bits per heavy atom. The Hall–Kier alpha value is -1.35. The van der Waals surface area contributed by atoms with Crippen molar-refractivity contribution in [2.24, 2.45) is 7.05 Å². The Balaban J connectivity index is 2.85. The number of nitrogens with one attached hydrogen (secondary N) is 1. The average molecular weight is 234 g/mol. The lowest BCUT2D eigenvalue weighted by Crippen LogP contribution is -2.33. The van der Waals surface area contributed by atoms with Crippen LogP contribution in [0.25, 0.3) is 10.9 Å². The van der Waals surface area contributed by atoms with Crippen LogP contribution in [0.2, 0.25) is 0 Å². The molecule has 0 radical (unpaired) electrons. The number of nitrogens with zero attached hydrogens (tertiary/aromatic N) is 1. The fourth-order valence-corrected chi connectivity index (χ4v) is 2.45. The number of halogens is 1. The minimum absolute atomic E-state index is 0.124. The first-order chi connectivity index (χ1) is 7.88. The highest BCUT2D eigenvalue weighted by Crippen LogP contribution is 2.33. The molecule has 2 nitrogen and oxygen atoms in total. The van der Waals surface area contributed by atoms with Gasteiger partial charge >= 0.3 is 0 Å². The minimum Gasteiger partial charge on any atom is -0.348 e. The van der Waals surface area contributed by atoms with E-state index in [4.69, 9.17) is 0 Å². The maximum Gasteiger partial charge on any atom is 0.125 e. The van der Waals surface area contributed by atoms with Crippen molar-refractivity contribution < 1.29 is 4.39 Å². The van der Waals surface area contributed by atoms with E-state index < -0.39 is 0 Å². The summed E-state index contributed by atoms with van der Waals surface area (Å²) in [7, 11) is 3.92. The second-order valence-corrected chi connectivity index (χ2v) is 5.06. The highest BCUT2D eigenvalue weighted by Gasteiger charge is 2.25. The molecule has 1 aromatic heterocycles. The summed E-state index contributed by atoms with van der Waals surface area (Å²) in [5, 5.41) is 4.43. The summed E-state index contributed by atoms with van der Waals surface area (Å²) in [6.45, 7) is 6.35. The molecule has 92 valence electrons. The van der Waals surface area contributed by atoms with Crippen molar-refractivity contribution in [3.63, 3.8) is 0 Å². The quantitative estimate of drug-likeness (QED) is 0.845. The van der Waals surface area contributed by atoms with Crippen molar-refractivity contribution in [3.8, 4) is 0 Å². The van der Waals surface area contributed by atoms with E-state index in [2.05, 4.69) is 26.1 Å². The lowest BCUT2D eigenvalue weighted by Gasteiger charge is -2.25. The maximum absolute atomic E-state index is 13.3. The zero-order valence-electron chi connectivity index (χ0n) is 11.1. The Labute approximate surface area is 101 Å². The van der Waals surface area contributed by atoms with Gasteiger partial charge in [0.25, 0.3) is 0 Å². The van der Waals surface area contributed by atoms with Crippen molar-refractivity contribution in [2.45, 2.75) is 26.3 Å². The normalized spacial score (nSPS) is 12.4. The molecule has 0 unspecified atom stereocenters. The van der Waals surface area contributed by atoms with Gasteiger partial charge in [0.1, 0.15) is 5.82 Å². The average Bonchev–Trinajstić information content (AvgIpc) is 2.53. The SMILES string of the molecule is CNC(C)(C)c1c(C)n(C)c2cc(F)ccc12. The molecule has 1 heterocycles. The molecule has 2 rings (SSSR count). The summed E-state index contributed by atoms with van der Waals surface area (Å²) in [4.78, 5) is 0. The van der Waals surface area contributed by atoms with Gasteiger partial charge < -0.3 is 9.88 Å². The van der Waals surface area contributed by atoms with Crippen LogP contribution in [0.3, 0.4) is 0 Å². The highest BCUT2D eigenvalue weighted by molar-refractivity contribution is 5.86. The molecule has 1 aromatic carbocycles. The summed E-state index contributed by atoms with van der Waals surface area (Å²) in [5.41, 5.74) is 3.23. The second kappa shape index (κ2) is 3.84. The van der Waals surface area contributed by atoms with Gasteiger partial charge in [0.15, 0.2) is 0 Å². The van der Waals surface area contributed by atoms with Gasteiger partial charge in [0.2, 0.25) is 0 Å². The Kier molecular flexibility index (Phi) is 2.74. The highest BCUT2D eigenvalue weighted by atomic mass is 19.1. The van der Waals surface area contributed by atoms with Gasteiger partial charge in [-0.3, -0.25) is 0 Å². The van der Waals surface area contributed by atoms with Gasteiger partial charge in [0, 0.05) is 29.2 Å². The Morgan fingerprint density at radius 3 is 2.53 bits per heavy atom. The molecule has 0 aliphatic carbocycles. The molecular formula is C14H19FN2. The van der Waals surface area contributed by atoms with Crippen molar-refractivity contribution in [1.82, 2.24) is 9.88 Å². The van der Waals surface area contributed by atoms with Crippen LogP contribution < -0.4 is 5.32 Å². The van der Waals surface area contributed by atoms with E-state index >= 15 is 0 Å². The Morgan fingerprint density at radius 2 is 1.94 bits per heavy atom. The standard InChI is InChI=1S/C14H19FN2/c1-9-13(14(2,3)16-4)11-7-6-10(15)8-12(11)17(9)5/h6-8,16H,1-5H3. The van der Waals surface area contributed by atoms with Crippen LogP contribution in [0.1, 0.15) is 25.1 Å². The van der Waals surface area contributed by atoms with Gasteiger partial charge in [-0.05, 0) is 46.0 Å². The molecule has 17 heavy (non-hydrogen) atoms. The number of aryl methyl sites for hydroxylation is 1. The molecule has 3 heteroatoms. The van der Waals surface area contributed by atoms with Gasteiger partial charge in [-0.1, -0.05) is 0 Å². The molecular weight excluding hydrogens is 215 g/mol. The molecule has 0 aliphatic heterocycles. The van der Waals surface area contributed by atoms with E-state index in [1.807, 2.05) is 24.7 Å². The molecule has 0 aliphatic rings. The summed E-state index contributed by atoms with van der Waals surface area (Å²) in [5.74, 6) is -0.188. The molecule has 0 atom stereocenters. The number of hydrogen-bond donors (Lipinski definition) is 1. The number of hydrogen-bond acceptors (Lipinski definition) is 1. The van der Waals surface area contributed by atoms with E-state index in [1.165, 1.54) is 17.3 Å². The van der Waals surface area contributed by atoms with Gasteiger partial charge in [-0.15, -0.1) is 0 Å². The summed E-state index contributed by atoms with van der Waals surface area (Å²) in [6.07, 6.45) is 0. The maximum atomic E-state index is 13.3. The van der Waals surface area contributed by atoms with Crippen LogP contribution in [-0.2, 0) is 12.6 Å². The first kappa shape index (κ1) is 12.1. The molecule has 0 saturated heterocycles. The van der Waals surface area contributed by atoms with Gasteiger partial charge in [-0.2, -0.15) is 0 Å². The lowest BCUT2D eigenvalue weighted by atomic mass is 9.92. The summed E-state index contributed by atoms with van der Waals surface area (Å²) in [6, 6.07) is 4.99. The van der Waals surface area contributed by atoms with Crippen LogP contribution in [0.15, 0.2) is 18.2 Å². The minimum atomic E-state index is -0.188. The summed E-state index contributed by atoms with van der Waals surface area (Å²) >= 11 is 0. The van der Waals surface area contributed by atoms with Crippen molar-refractivity contribution in [2.75, 3.05) is 7.05 Å². The third kappa shape index (κ3) is 1.75. The van der Waals surface area contributed by atoms with E-state index in [9.17, 15) is 4.39 Å². The molecule has 1 N–H and O–H groups in total. The van der Waals surface area contributed by atoms with Crippen LogP contribution in [0, 0.1) is 12.7 Å². The zero-order chi connectivity index (χ0) is 12.8. The monoisotopic (exact) mass is 234 g/mol. The first-order valence-electron chi connectivity index (χ1n) is 5.82. The van der Waals surface area contributed by atoms with E-state index in [0.717, 1.165) is 10.9 Å². The van der Waals surface area contributed by atoms with Crippen molar-refractivity contribution in [1.29, 1.82) is 0 Å². The third-order valence-corrected chi connectivity index (χ3v) is 3.71. The number of aromatic nitrogens is 1. The van der Waals surface area contributed by atoms with E-state index in [0.29, 0.717) is 0 Å². The summed E-state index contributed by atoms with van der Waals surface area (Å²) < 4.78 is 15.4. The first-order valence-corrected chi connectivity index (χ1v) is 5.82. The van der Waals surface area contributed by atoms with Gasteiger partial charge in [-0.25, -0.2) is 4.39 Å². The van der Waals surface area contributed by atoms with E-state index in [1.54, 1.807) is 6.07 Å².